The highest BCUT2D eigenvalue weighted by atomic mass is 16.5. The minimum absolute atomic E-state index is 0.00506. The second-order valence-corrected chi connectivity index (χ2v) is 21.0. The van der Waals surface area contributed by atoms with Crippen LogP contribution < -0.4 is 5.32 Å². The monoisotopic (exact) mass is 958 g/mol. The largest absolute Gasteiger partial charge is 0.466 e. The highest BCUT2D eigenvalue weighted by Gasteiger charge is 2.20. The van der Waals surface area contributed by atoms with Gasteiger partial charge in [0.05, 0.1) is 25.4 Å². The van der Waals surface area contributed by atoms with Gasteiger partial charge in [-0.3, -0.25) is 9.59 Å². The smallest absolute Gasteiger partial charge is 0.305 e. The van der Waals surface area contributed by atoms with Gasteiger partial charge >= 0.3 is 5.97 Å². The van der Waals surface area contributed by atoms with Crippen molar-refractivity contribution >= 4 is 11.9 Å². The van der Waals surface area contributed by atoms with E-state index in [1.807, 2.05) is 0 Å². The van der Waals surface area contributed by atoms with Crippen LogP contribution >= 0.6 is 0 Å². The zero-order chi connectivity index (χ0) is 49.3. The summed E-state index contributed by atoms with van der Waals surface area (Å²) < 4.78 is 5.47. The maximum absolute atomic E-state index is 12.5. The fourth-order valence-electron chi connectivity index (χ4n) is 9.51. The van der Waals surface area contributed by atoms with Crippen molar-refractivity contribution in [1.82, 2.24) is 5.32 Å². The predicted molar refractivity (Wildman–Crippen MR) is 296 cm³/mol. The minimum atomic E-state index is -0.674. The molecule has 0 aliphatic heterocycles. The van der Waals surface area contributed by atoms with Crippen LogP contribution in [0, 0.1) is 0 Å². The molecule has 6 nitrogen and oxygen atoms in total. The molecule has 1 amide bonds. The van der Waals surface area contributed by atoms with E-state index in [9.17, 15) is 19.8 Å². The SMILES string of the molecule is CCCCCCC/C=C\CCCCCCCC(=O)OCCCCCCCCCCC/C=C\CCCCCCCC(=O)NC(CO)C(O)CCCCCCCCCCCCCCCCCCCCC. The number of hydrogen-bond donors (Lipinski definition) is 3. The fraction of sp³-hybridized carbons (Fsp3) is 0.903. The summed E-state index contributed by atoms with van der Waals surface area (Å²) in [7, 11) is 0. The maximum atomic E-state index is 12.5. The van der Waals surface area contributed by atoms with Crippen molar-refractivity contribution in [2.24, 2.45) is 0 Å². The molecule has 0 aromatic heterocycles. The molecule has 0 aromatic rings. The van der Waals surface area contributed by atoms with Crippen LogP contribution in [0.1, 0.15) is 335 Å². The highest BCUT2D eigenvalue weighted by molar-refractivity contribution is 5.76. The Balaban J connectivity index is 3.45. The van der Waals surface area contributed by atoms with Crippen LogP contribution in [0.25, 0.3) is 0 Å². The predicted octanol–water partition coefficient (Wildman–Crippen LogP) is 19.0. The number of carbonyl (C=O) groups is 2. The van der Waals surface area contributed by atoms with E-state index in [0.29, 0.717) is 25.9 Å². The van der Waals surface area contributed by atoms with Crippen molar-refractivity contribution in [2.45, 2.75) is 347 Å². The van der Waals surface area contributed by atoms with Gasteiger partial charge in [0.2, 0.25) is 5.91 Å². The van der Waals surface area contributed by atoms with E-state index in [-0.39, 0.29) is 18.5 Å². The van der Waals surface area contributed by atoms with Gasteiger partial charge in [-0.25, -0.2) is 0 Å². The van der Waals surface area contributed by atoms with Gasteiger partial charge in [-0.2, -0.15) is 0 Å². The molecular formula is C62H119NO5. The summed E-state index contributed by atoms with van der Waals surface area (Å²) in [6, 6.07) is -0.552. The quantitative estimate of drug-likeness (QED) is 0.0321. The molecule has 0 spiro atoms. The lowest BCUT2D eigenvalue weighted by Crippen LogP contribution is -2.45. The van der Waals surface area contributed by atoms with Crippen molar-refractivity contribution in [3.63, 3.8) is 0 Å². The Labute approximate surface area is 424 Å². The molecular weight excluding hydrogens is 839 g/mol. The Morgan fingerprint density at radius 2 is 0.691 bits per heavy atom. The van der Waals surface area contributed by atoms with E-state index < -0.39 is 12.1 Å². The number of unbranched alkanes of at least 4 members (excludes halogenated alkanes) is 42. The Morgan fingerprint density at radius 1 is 0.397 bits per heavy atom. The topological polar surface area (TPSA) is 95.9 Å². The summed E-state index contributed by atoms with van der Waals surface area (Å²) in [4.78, 5) is 24.5. The Bertz CT molecular complexity index is 1060. The summed E-state index contributed by atoms with van der Waals surface area (Å²) in [6.07, 6.45) is 70.3. The number of rotatable bonds is 57. The van der Waals surface area contributed by atoms with E-state index >= 15 is 0 Å². The maximum Gasteiger partial charge on any atom is 0.305 e. The third-order valence-electron chi connectivity index (χ3n) is 14.2. The lowest BCUT2D eigenvalue weighted by molar-refractivity contribution is -0.143. The Hall–Kier alpha value is -1.66. The fourth-order valence-corrected chi connectivity index (χ4v) is 9.51. The van der Waals surface area contributed by atoms with E-state index in [4.69, 9.17) is 4.74 Å². The van der Waals surface area contributed by atoms with Gasteiger partial charge in [-0.1, -0.05) is 269 Å². The van der Waals surface area contributed by atoms with Crippen LogP contribution in [0.4, 0.5) is 0 Å². The Kier molecular flexibility index (Phi) is 56.5. The van der Waals surface area contributed by atoms with E-state index in [1.165, 1.54) is 244 Å². The van der Waals surface area contributed by atoms with Crippen LogP contribution in [-0.4, -0.2) is 47.4 Å². The lowest BCUT2D eigenvalue weighted by atomic mass is 10.0. The Morgan fingerprint density at radius 3 is 1.04 bits per heavy atom. The van der Waals surface area contributed by atoms with Gasteiger partial charge in [0.1, 0.15) is 0 Å². The first-order valence-corrected chi connectivity index (χ1v) is 30.6. The molecule has 3 N–H and O–H groups in total. The molecule has 0 aromatic carbocycles. The number of aliphatic hydroxyl groups excluding tert-OH is 2. The van der Waals surface area contributed by atoms with Crippen LogP contribution in [0.2, 0.25) is 0 Å². The van der Waals surface area contributed by atoms with Crippen LogP contribution in [0.5, 0.6) is 0 Å². The van der Waals surface area contributed by atoms with Crippen LogP contribution in [0.15, 0.2) is 24.3 Å². The molecule has 0 saturated heterocycles. The summed E-state index contributed by atoms with van der Waals surface area (Å²) >= 11 is 0. The number of aliphatic hydroxyl groups is 2. The number of esters is 1. The first-order valence-electron chi connectivity index (χ1n) is 30.6. The lowest BCUT2D eigenvalue weighted by Gasteiger charge is -2.22. The summed E-state index contributed by atoms with van der Waals surface area (Å²) in [6.45, 7) is 4.95. The van der Waals surface area contributed by atoms with E-state index in [0.717, 1.165) is 57.8 Å². The van der Waals surface area contributed by atoms with Crippen molar-refractivity contribution in [1.29, 1.82) is 0 Å². The average Bonchev–Trinajstić information content (AvgIpc) is 3.34. The molecule has 2 atom stereocenters. The normalized spacial score (nSPS) is 12.7. The van der Waals surface area contributed by atoms with Crippen molar-refractivity contribution < 1.29 is 24.5 Å². The number of hydrogen-bond acceptors (Lipinski definition) is 5. The molecule has 402 valence electrons. The van der Waals surface area contributed by atoms with Crippen molar-refractivity contribution in [3.8, 4) is 0 Å². The first-order chi connectivity index (χ1) is 33.5. The van der Waals surface area contributed by atoms with Gasteiger partial charge in [0, 0.05) is 12.8 Å². The van der Waals surface area contributed by atoms with Gasteiger partial charge in [-0.15, -0.1) is 0 Å². The third-order valence-corrected chi connectivity index (χ3v) is 14.2. The molecule has 0 aliphatic rings. The van der Waals surface area contributed by atoms with E-state index in [2.05, 4.69) is 43.5 Å². The highest BCUT2D eigenvalue weighted by Crippen LogP contribution is 2.17. The molecule has 2 unspecified atom stereocenters. The molecule has 6 heteroatoms. The average molecular weight is 959 g/mol. The second-order valence-electron chi connectivity index (χ2n) is 21.0. The van der Waals surface area contributed by atoms with Crippen LogP contribution in [-0.2, 0) is 14.3 Å². The molecule has 0 bridgehead atoms. The number of amides is 1. The van der Waals surface area contributed by atoms with Crippen molar-refractivity contribution in [2.75, 3.05) is 13.2 Å². The number of ether oxygens (including phenoxy) is 1. The molecule has 0 radical (unpaired) electrons. The molecule has 68 heavy (non-hydrogen) atoms. The van der Waals surface area contributed by atoms with E-state index in [1.54, 1.807) is 0 Å². The van der Waals surface area contributed by atoms with Gasteiger partial charge in [0.15, 0.2) is 0 Å². The first kappa shape index (κ1) is 66.3. The molecule has 0 saturated carbocycles. The van der Waals surface area contributed by atoms with Gasteiger partial charge < -0.3 is 20.3 Å². The third kappa shape index (κ3) is 53.7. The number of carbonyl (C=O) groups excluding carboxylic acids is 2. The number of nitrogens with one attached hydrogen (secondary N) is 1. The summed E-state index contributed by atoms with van der Waals surface area (Å²) in [5, 5.41) is 23.3. The molecule has 0 rings (SSSR count). The minimum Gasteiger partial charge on any atom is -0.466 e. The second kappa shape index (κ2) is 57.9. The van der Waals surface area contributed by atoms with Gasteiger partial charge in [-0.05, 0) is 77.0 Å². The standard InChI is InChI=1S/C62H119NO5/c1-3-5-7-9-11-13-15-17-19-20-21-24-27-30-34-38-42-46-50-54-60(65)59(58-64)63-61(66)55-51-47-43-39-35-31-28-25-22-23-26-29-33-37-41-45-49-53-57-68-62(67)56-52-48-44-40-36-32-18-16-14-12-10-8-6-4-2/h16,18,25,28,59-60,64-65H,3-15,17,19-24,26-27,29-58H2,1-2H3,(H,63,66)/b18-16-,28-25-. The molecule has 0 heterocycles. The summed E-state index contributed by atoms with van der Waals surface area (Å²) in [5.74, 6) is -0.0518. The number of allylic oxidation sites excluding steroid dienone is 4. The van der Waals surface area contributed by atoms with Crippen LogP contribution in [0.3, 0.4) is 0 Å². The zero-order valence-corrected chi connectivity index (χ0v) is 45.9. The molecule has 0 aliphatic carbocycles. The van der Waals surface area contributed by atoms with Gasteiger partial charge in [0.25, 0.3) is 0 Å². The zero-order valence-electron chi connectivity index (χ0n) is 45.9. The molecule has 0 fully saturated rings. The van der Waals surface area contributed by atoms with Crippen molar-refractivity contribution in [3.05, 3.63) is 24.3 Å². The summed E-state index contributed by atoms with van der Waals surface area (Å²) in [5.41, 5.74) is 0.